The third-order valence-electron chi connectivity index (χ3n) is 3.43. The summed E-state index contributed by atoms with van der Waals surface area (Å²) < 4.78 is 40.4. The summed E-state index contributed by atoms with van der Waals surface area (Å²) in [5.41, 5.74) is 0.0299. The summed E-state index contributed by atoms with van der Waals surface area (Å²) in [5.74, 6) is -2.82. The van der Waals surface area contributed by atoms with Gasteiger partial charge in [0, 0.05) is 31.3 Å². The Balaban J connectivity index is 2.24. The first-order valence-electron chi connectivity index (χ1n) is 6.74. The molecular formula is C14H19F3N2. The molecule has 5 heteroatoms. The molecule has 1 fully saturated rings. The van der Waals surface area contributed by atoms with Gasteiger partial charge in [0.1, 0.15) is 5.82 Å². The van der Waals surface area contributed by atoms with Crippen LogP contribution in [0, 0.1) is 17.5 Å². The highest BCUT2D eigenvalue weighted by molar-refractivity contribution is 5.49. The summed E-state index contributed by atoms with van der Waals surface area (Å²) in [5, 5.41) is 3.38. The van der Waals surface area contributed by atoms with Crippen LogP contribution in [0.5, 0.6) is 0 Å². The van der Waals surface area contributed by atoms with Gasteiger partial charge in [-0.05, 0) is 19.4 Å². The number of anilines is 1. The van der Waals surface area contributed by atoms with Gasteiger partial charge in [-0.15, -0.1) is 0 Å². The van der Waals surface area contributed by atoms with Crippen molar-refractivity contribution in [3.8, 4) is 0 Å². The van der Waals surface area contributed by atoms with Gasteiger partial charge in [0.05, 0.1) is 5.69 Å². The van der Waals surface area contributed by atoms with E-state index in [1.807, 2.05) is 0 Å². The zero-order valence-corrected chi connectivity index (χ0v) is 11.1. The minimum Gasteiger partial charge on any atom is -0.367 e. The van der Waals surface area contributed by atoms with Crippen molar-refractivity contribution >= 4 is 5.69 Å². The zero-order valence-electron chi connectivity index (χ0n) is 11.1. The summed E-state index contributed by atoms with van der Waals surface area (Å²) in [4.78, 5) is 1.74. The van der Waals surface area contributed by atoms with Crippen LogP contribution in [0.4, 0.5) is 18.9 Å². The fourth-order valence-electron chi connectivity index (χ4n) is 2.53. The van der Waals surface area contributed by atoms with Gasteiger partial charge < -0.3 is 10.2 Å². The largest absolute Gasteiger partial charge is 0.367 e. The summed E-state index contributed by atoms with van der Waals surface area (Å²) in [6.45, 7) is 4.11. The SMILES string of the molecule is CCCC1CN(c2cc(F)cc(F)c2F)CCCN1. The van der Waals surface area contributed by atoms with Gasteiger partial charge in [-0.3, -0.25) is 0 Å². The van der Waals surface area contributed by atoms with Crippen LogP contribution in [0.25, 0.3) is 0 Å². The summed E-state index contributed by atoms with van der Waals surface area (Å²) in [6.07, 6.45) is 2.82. The molecule has 1 aliphatic heterocycles. The molecule has 0 saturated carbocycles. The van der Waals surface area contributed by atoms with Crippen LogP contribution in [0.15, 0.2) is 12.1 Å². The van der Waals surface area contributed by atoms with Crippen LogP contribution >= 0.6 is 0 Å². The van der Waals surface area contributed by atoms with Gasteiger partial charge in [0.2, 0.25) is 0 Å². The van der Waals surface area contributed by atoms with Gasteiger partial charge in [-0.2, -0.15) is 0 Å². The van der Waals surface area contributed by atoms with E-state index in [1.54, 1.807) is 4.90 Å². The Kier molecular flexibility index (Phi) is 4.69. The lowest BCUT2D eigenvalue weighted by molar-refractivity contribution is 0.482. The topological polar surface area (TPSA) is 15.3 Å². The van der Waals surface area contributed by atoms with Crippen molar-refractivity contribution in [1.29, 1.82) is 0 Å². The second kappa shape index (κ2) is 6.28. The first-order valence-corrected chi connectivity index (χ1v) is 6.74. The minimum absolute atomic E-state index is 0.0299. The molecular weight excluding hydrogens is 253 g/mol. The fraction of sp³-hybridized carbons (Fsp3) is 0.571. The molecule has 0 aliphatic carbocycles. The lowest BCUT2D eigenvalue weighted by atomic mass is 10.1. The molecule has 0 radical (unpaired) electrons. The van der Waals surface area contributed by atoms with Crippen molar-refractivity contribution in [2.75, 3.05) is 24.5 Å². The highest BCUT2D eigenvalue weighted by atomic mass is 19.2. The average Bonchev–Trinajstić information content (AvgIpc) is 2.60. The number of hydrogen-bond donors (Lipinski definition) is 1. The van der Waals surface area contributed by atoms with Gasteiger partial charge >= 0.3 is 0 Å². The van der Waals surface area contributed by atoms with Crippen molar-refractivity contribution in [2.24, 2.45) is 0 Å². The number of nitrogens with one attached hydrogen (secondary N) is 1. The first kappa shape index (κ1) is 14.2. The number of rotatable bonds is 3. The number of halogens is 3. The summed E-state index contributed by atoms with van der Waals surface area (Å²) in [6, 6.07) is 1.89. The molecule has 1 aliphatic rings. The van der Waals surface area contributed by atoms with E-state index < -0.39 is 17.5 Å². The molecule has 1 atom stereocenters. The lowest BCUT2D eigenvalue weighted by Gasteiger charge is -2.26. The third-order valence-corrected chi connectivity index (χ3v) is 3.43. The molecule has 0 amide bonds. The van der Waals surface area contributed by atoms with Crippen LogP contribution in [0.1, 0.15) is 26.2 Å². The van der Waals surface area contributed by atoms with Crippen molar-refractivity contribution < 1.29 is 13.2 Å². The molecule has 1 unspecified atom stereocenters. The van der Waals surface area contributed by atoms with E-state index in [4.69, 9.17) is 0 Å². The molecule has 106 valence electrons. The monoisotopic (exact) mass is 272 g/mol. The Hall–Kier alpha value is -1.23. The molecule has 1 N–H and O–H groups in total. The third kappa shape index (κ3) is 3.41. The van der Waals surface area contributed by atoms with Crippen molar-refractivity contribution in [3.05, 3.63) is 29.6 Å². The number of hydrogen-bond acceptors (Lipinski definition) is 2. The van der Waals surface area contributed by atoms with E-state index in [2.05, 4.69) is 12.2 Å². The zero-order chi connectivity index (χ0) is 13.8. The molecule has 0 spiro atoms. The molecule has 19 heavy (non-hydrogen) atoms. The Morgan fingerprint density at radius 3 is 2.84 bits per heavy atom. The Morgan fingerprint density at radius 2 is 2.11 bits per heavy atom. The van der Waals surface area contributed by atoms with E-state index in [-0.39, 0.29) is 11.7 Å². The fourth-order valence-corrected chi connectivity index (χ4v) is 2.53. The average molecular weight is 272 g/mol. The van der Waals surface area contributed by atoms with Gasteiger partial charge in [-0.25, -0.2) is 13.2 Å². The smallest absolute Gasteiger partial charge is 0.182 e. The Labute approximate surface area is 111 Å². The van der Waals surface area contributed by atoms with E-state index in [1.165, 1.54) is 0 Å². The molecule has 0 aromatic heterocycles. The van der Waals surface area contributed by atoms with E-state index in [0.717, 1.165) is 31.9 Å². The molecule has 2 nitrogen and oxygen atoms in total. The molecule has 1 heterocycles. The molecule has 1 saturated heterocycles. The van der Waals surface area contributed by atoms with Crippen molar-refractivity contribution in [2.45, 2.75) is 32.2 Å². The van der Waals surface area contributed by atoms with Crippen molar-refractivity contribution in [3.63, 3.8) is 0 Å². The van der Waals surface area contributed by atoms with Gasteiger partial charge in [0.25, 0.3) is 0 Å². The van der Waals surface area contributed by atoms with Crippen LogP contribution < -0.4 is 10.2 Å². The molecule has 1 aromatic rings. The molecule has 0 bridgehead atoms. The number of nitrogens with zero attached hydrogens (tertiary/aromatic N) is 1. The second-order valence-electron chi connectivity index (χ2n) is 4.96. The Bertz CT molecular complexity index is 437. The maximum Gasteiger partial charge on any atom is 0.182 e. The normalized spacial score (nSPS) is 20.4. The number of benzene rings is 1. The van der Waals surface area contributed by atoms with E-state index >= 15 is 0 Å². The highest BCUT2D eigenvalue weighted by Gasteiger charge is 2.22. The van der Waals surface area contributed by atoms with Crippen LogP contribution in [-0.4, -0.2) is 25.7 Å². The minimum atomic E-state index is -1.13. The van der Waals surface area contributed by atoms with E-state index in [9.17, 15) is 13.2 Å². The standard InChI is InChI=1S/C14H19F3N2/c1-2-4-11-9-19(6-3-5-18-11)13-8-10(15)7-12(16)14(13)17/h7-8,11,18H,2-6,9H2,1H3. The maximum absolute atomic E-state index is 13.8. The van der Waals surface area contributed by atoms with Crippen LogP contribution in [0.3, 0.4) is 0 Å². The predicted molar refractivity (Wildman–Crippen MR) is 69.8 cm³/mol. The highest BCUT2D eigenvalue weighted by Crippen LogP contribution is 2.25. The summed E-state index contributed by atoms with van der Waals surface area (Å²) >= 11 is 0. The summed E-state index contributed by atoms with van der Waals surface area (Å²) in [7, 11) is 0. The van der Waals surface area contributed by atoms with Crippen LogP contribution in [-0.2, 0) is 0 Å². The molecule has 2 rings (SSSR count). The maximum atomic E-state index is 13.8. The first-order chi connectivity index (χ1) is 9.11. The lowest BCUT2D eigenvalue weighted by Crippen LogP contribution is -2.38. The second-order valence-corrected chi connectivity index (χ2v) is 4.96. The predicted octanol–water partition coefficient (Wildman–Crippen LogP) is 3.07. The van der Waals surface area contributed by atoms with E-state index in [0.29, 0.717) is 19.2 Å². The van der Waals surface area contributed by atoms with Crippen molar-refractivity contribution in [1.82, 2.24) is 5.32 Å². The van der Waals surface area contributed by atoms with Gasteiger partial charge in [0.15, 0.2) is 11.6 Å². The molecule has 1 aromatic carbocycles. The Morgan fingerprint density at radius 1 is 1.32 bits per heavy atom. The quantitative estimate of drug-likeness (QED) is 0.851. The van der Waals surface area contributed by atoms with Crippen LogP contribution in [0.2, 0.25) is 0 Å². The van der Waals surface area contributed by atoms with Gasteiger partial charge in [-0.1, -0.05) is 13.3 Å².